The molecule has 0 N–H and O–H groups in total. The summed E-state index contributed by atoms with van der Waals surface area (Å²) >= 11 is -0.220. The Bertz CT molecular complexity index is 507. The Morgan fingerprint density at radius 1 is 1.00 bits per heavy atom. The van der Waals surface area contributed by atoms with Gasteiger partial charge in [-0.2, -0.15) is 0 Å². The Morgan fingerprint density at radius 2 is 1.58 bits per heavy atom. The summed E-state index contributed by atoms with van der Waals surface area (Å²) in [4.78, 5) is 12.4. The SMILES string of the molecule is [CH3][AlH][CH2]C(=O)C(Cc1ccccc1)c1ccccc1. The minimum atomic E-state index is -0.220. The molecule has 0 aliphatic heterocycles. The van der Waals surface area contributed by atoms with Gasteiger partial charge in [0.1, 0.15) is 5.78 Å². The summed E-state index contributed by atoms with van der Waals surface area (Å²) in [5.41, 5.74) is 2.39. The van der Waals surface area contributed by atoms with Crippen LogP contribution in [0, 0.1) is 0 Å². The summed E-state index contributed by atoms with van der Waals surface area (Å²) in [5, 5.41) is 0.798. The number of carbonyl (C=O) groups is 1. The number of Topliss-reactive ketones (excluding diaryl/α,β-unsaturated/α-hetero) is 1. The molecular formula is C17H19AlO. The normalized spacial score (nSPS) is 11.8. The van der Waals surface area contributed by atoms with Gasteiger partial charge in [-0.25, -0.2) is 0 Å². The standard InChI is InChI=1S/C16H15O.CH3.Al.H/c1-13(17)16(15-10-6-3-7-11-15)12-14-8-4-2-5-9-14;;;/h2-11,16H,1,12H2;1H3;;. The van der Waals surface area contributed by atoms with Crippen LogP contribution in [0.25, 0.3) is 0 Å². The lowest BCUT2D eigenvalue weighted by Gasteiger charge is -2.16. The molecule has 0 radical (unpaired) electrons. The van der Waals surface area contributed by atoms with E-state index in [0.29, 0.717) is 5.78 Å². The summed E-state index contributed by atoms with van der Waals surface area (Å²) in [6.45, 7) is 0. The molecule has 96 valence electrons. The number of hydrogen-bond donors (Lipinski definition) is 0. The second-order valence-corrected chi connectivity index (χ2v) is 6.37. The zero-order chi connectivity index (χ0) is 13.5. The topological polar surface area (TPSA) is 17.1 Å². The van der Waals surface area contributed by atoms with E-state index in [1.54, 1.807) is 0 Å². The zero-order valence-corrected chi connectivity index (χ0v) is 12.8. The van der Waals surface area contributed by atoms with E-state index >= 15 is 0 Å². The van der Waals surface area contributed by atoms with Gasteiger partial charge in [-0.05, 0) is 22.8 Å². The minimum Gasteiger partial charge on any atom is -0.300 e. The van der Waals surface area contributed by atoms with Gasteiger partial charge < -0.3 is 4.79 Å². The van der Waals surface area contributed by atoms with E-state index in [1.165, 1.54) is 5.56 Å². The van der Waals surface area contributed by atoms with Crippen LogP contribution in [0.3, 0.4) is 0 Å². The average Bonchev–Trinajstić information content (AvgIpc) is 2.47. The third-order valence-electron chi connectivity index (χ3n) is 3.37. The van der Waals surface area contributed by atoms with Crippen LogP contribution in [0.2, 0.25) is 11.1 Å². The van der Waals surface area contributed by atoms with E-state index in [2.05, 4.69) is 30.1 Å². The van der Waals surface area contributed by atoms with Gasteiger partial charge in [0.2, 0.25) is 15.2 Å². The first-order chi connectivity index (χ1) is 9.31. The van der Waals surface area contributed by atoms with E-state index < -0.39 is 0 Å². The van der Waals surface area contributed by atoms with Crippen molar-refractivity contribution in [3.05, 3.63) is 71.8 Å². The molecule has 2 heteroatoms. The highest BCUT2D eigenvalue weighted by molar-refractivity contribution is 6.40. The first-order valence-corrected chi connectivity index (χ1v) is 9.34. The van der Waals surface area contributed by atoms with Gasteiger partial charge in [0.25, 0.3) is 0 Å². The van der Waals surface area contributed by atoms with Gasteiger partial charge in [0.05, 0.1) is 0 Å². The molecule has 1 atom stereocenters. The van der Waals surface area contributed by atoms with Crippen LogP contribution in [0.1, 0.15) is 17.0 Å². The molecule has 0 spiro atoms. The molecule has 1 nitrogen and oxygen atoms in total. The van der Waals surface area contributed by atoms with Gasteiger partial charge in [0, 0.05) is 5.92 Å². The highest BCUT2D eigenvalue weighted by atomic mass is 27.1. The van der Waals surface area contributed by atoms with E-state index in [0.717, 1.165) is 17.3 Å². The molecule has 2 rings (SSSR count). The quantitative estimate of drug-likeness (QED) is 0.731. The molecule has 0 fully saturated rings. The predicted molar refractivity (Wildman–Crippen MR) is 82.2 cm³/mol. The van der Waals surface area contributed by atoms with Crippen LogP contribution in [0.15, 0.2) is 60.7 Å². The van der Waals surface area contributed by atoms with Crippen molar-refractivity contribution in [3.63, 3.8) is 0 Å². The van der Waals surface area contributed by atoms with Crippen molar-refractivity contribution in [3.8, 4) is 0 Å². The molecule has 2 aromatic carbocycles. The van der Waals surface area contributed by atoms with E-state index in [4.69, 9.17) is 0 Å². The lowest BCUT2D eigenvalue weighted by molar-refractivity contribution is -0.118. The molecule has 0 aromatic heterocycles. The van der Waals surface area contributed by atoms with Crippen molar-refractivity contribution in [2.75, 3.05) is 0 Å². The summed E-state index contributed by atoms with van der Waals surface area (Å²) in [5.74, 6) is 2.63. The predicted octanol–water partition coefficient (Wildman–Crippen LogP) is 3.48. The monoisotopic (exact) mass is 266 g/mol. The van der Waals surface area contributed by atoms with Crippen molar-refractivity contribution in [1.82, 2.24) is 0 Å². The summed E-state index contributed by atoms with van der Waals surface area (Å²) < 4.78 is 0. The van der Waals surface area contributed by atoms with Crippen LogP contribution in [-0.2, 0) is 11.2 Å². The van der Waals surface area contributed by atoms with Crippen LogP contribution >= 0.6 is 0 Å². The lowest BCUT2D eigenvalue weighted by atomic mass is 9.89. The maximum atomic E-state index is 12.4. The zero-order valence-electron chi connectivity index (χ0n) is 11.4. The molecule has 2 aromatic rings. The molecule has 0 amide bonds. The number of carbonyl (C=O) groups excluding carboxylic acids is 1. The van der Waals surface area contributed by atoms with Crippen LogP contribution < -0.4 is 0 Å². The lowest BCUT2D eigenvalue weighted by Crippen LogP contribution is -2.16. The second-order valence-electron chi connectivity index (χ2n) is 4.87. The fourth-order valence-corrected chi connectivity index (χ4v) is 3.21. The third kappa shape index (κ3) is 4.06. The van der Waals surface area contributed by atoms with Crippen molar-refractivity contribution in [2.24, 2.45) is 0 Å². The number of benzene rings is 2. The fourth-order valence-electron chi connectivity index (χ4n) is 2.37. The minimum absolute atomic E-state index is 0.0241. The van der Waals surface area contributed by atoms with Crippen molar-refractivity contribution in [1.29, 1.82) is 0 Å². The summed E-state index contributed by atoms with van der Waals surface area (Å²) in [6, 6.07) is 20.5. The van der Waals surface area contributed by atoms with Crippen LogP contribution in [0.4, 0.5) is 0 Å². The molecule has 0 heterocycles. The van der Waals surface area contributed by atoms with E-state index in [1.807, 2.05) is 36.4 Å². The molecule has 0 saturated carbocycles. The highest BCUT2D eigenvalue weighted by Crippen LogP contribution is 2.23. The van der Waals surface area contributed by atoms with Crippen molar-refractivity contribution in [2.45, 2.75) is 23.4 Å². The van der Waals surface area contributed by atoms with Crippen LogP contribution in [-0.4, -0.2) is 21.0 Å². The summed E-state index contributed by atoms with van der Waals surface area (Å²) in [7, 11) is 0. The maximum Gasteiger partial charge on any atom is 0.244 e. The molecule has 0 saturated heterocycles. The number of hydrogen-bond acceptors (Lipinski definition) is 1. The fraction of sp³-hybridized carbons (Fsp3) is 0.235. The Labute approximate surface area is 121 Å². The molecule has 0 bridgehead atoms. The molecular weight excluding hydrogens is 247 g/mol. The van der Waals surface area contributed by atoms with Crippen molar-refractivity contribution < 1.29 is 4.79 Å². The van der Waals surface area contributed by atoms with Gasteiger partial charge >= 0.3 is 0 Å². The Kier molecular flexibility index (Phi) is 5.39. The molecule has 0 aliphatic rings. The van der Waals surface area contributed by atoms with Crippen LogP contribution in [0.5, 0.6) is 0 Å². The van der Waals surface area contributed by atoms with Gasteiger partial charge in [0.15, 0.2) is 0 Å². The number of rotatable bonds is 6. The average molecular weight is 266 g/mol. The third-order valence-corrected chi connectivity index (χ3v) is 4.36. The molecule has 1 unspecified atom stereocenters. The Morgan fingerprint density at radius 3 is 2.16 bits per heavy atom. The number of ketones is 1. The molecule has 19 heavy (non-hydrogen) atoms. The maximum absolute atomic E-state index is 12.4. The summed E-state index contributed by atoms with van der Waals surface area (Å²) in [6.07, 6.45) is 0.818. The smallest absolute Gasteiger partial charge is 0.244 e. The van der Waals surface area contributed by atoms with Gasteiger partial charge in [-0.15, -0.1) is 5.79 Å². The van der Waals surface area contributed by atoms with Crippen molar-refractivity contribution >= 4 is 21.0 Å². The highest BCUT2D eigenvalue weighted by Gasteiger charge is 2.19. The Hall–Kier alpha value is -1.36. The van der Waals surface area contributed by atoms with E-state index in [-0.39, 0.29) is 21.1 Å². The molecule has 0 aliphatic carbocycles. The first kappa shape index (κ1) is 14.1. The van der Waals surface area contributed by atoms with Gasteiger partial charge in [-0.3, -0.25) is 0 Å². The van der Waals surface area contributed by atoms with E-state index in [9.17, 15) is 4.79 Å². The van der Waals surface area contributed by atoms with Gasteiger partial charge in [-0.1, -0.05) is 60.7 Å². The Balaban J connectivity index is 2.22. The largest absolute Gasteiger partial charge is 0.300 e. The second kappa shape index (κ2) is 7.29. The first-order valence-electron chi connectivity index (χ1n) is 6.93.